The highest BCUT2D eigenvalue weighted by atomic mass is 16.5. The van der Waals surface area contributed by atoms with E-state index in [0.29, 0.717) is 12.0 Å². The van der Waals surface area contributed by atoms with E-state index in [1.165, 1.54) is 21.7 Å². The number of rotatable bonds is 10. The minimum atomic E-state index is -1.62. The molecule has 0 bridgehead atoms. The van der Waals surface area contributed by atoms with Crippen molar-refractivity contribution in [2.45, 2.75) is 81.5 Å². The average molecular weight is 687 g/mol. The highest BCUT2D eigenvalue weighted by molar-refractivity contribution is 6.39. The zero-order chi connectivity index (χ0) is 35.4. The second kappa shape index (κ2) is 14.8. The van der Waals surface area contributed by atoms with Crippen molar-refractivity contribution in [3.63, 3.8) is 0 Å². The first kappa shape index (κ1) is 34.7. The fourth-order valence-corrected chi connectivity index (χ4v) is 7.66. The summed E-state index contributed by atoms with van der Waals surface area (Å²) in [6, 6.07) is 11.2. The van der Waals surface area contributed by atoms with E-state index in [1.807, 2.05) is 30.3 Å². The number of ketones is 1. The normalized spacial score (nSPS) is 21.3. The molecule has 2 aliphatic heterocycles. The molecule has 3 atom stereocenters. The number of carbonyl (C=O) groups is 5. The molecular weight excluding hydrogens is 644 g/mol. The number of hydrogen-bond acceptors (Lipinski definition) is 8. The van der Waals surface area contributed by atoms with Crippen molar-refractivity contribution in [2.75, 3.05) is 19.8 Å². The summed E-state index contributed by atoms with van der Waals surface area (Å²) in [6.45, 7) is 0.119. The first-order valence-electron chi connectivity index (χ1n) is 17.2. The van der Waals surface area contributed by atoms with Crippen molar-refractivity contribution in [1.29, 1.82) is 0 Å². The fraction of sp³-hybridized carbons (Fsp3) is 0.472. The van der Waals surface area contributed by atoms with E-state index < -0.39 is 64.3 Å². The number of ether oxygens (including phenoxy) is 1. The van der Waals surface area contributed by atoms with Crippen LogP contribution in [0.2, 0.25) is 0 Å². The van der Waals surface area contributed by atoms with Crippen LogP contribution in [0, 0.1) is 5.92 Å². The highest BCUT2D eigenvalue weighted by Crippen LogP contribution is 2.32. The largest absolute Gasteiger partial charge is 0.381 e. The van der Waals surface area contributed by atoms with Gasteiger partial charge in [-0.3, -0.25) is 38.3 Å². The number of aromatic amines is 1. The van der Waals surface area contributed by atoms with Crippen molar-refractivity contribution in [1.82, 2.24) is 25.1 Å². The predicted molar refractivity (Wildman–Crippen MR) is 182 cm³/mol. The van der Waals surface area contributed by atoms with Gasteiger partial charge in [-0.2, -0.15) is 0 Å². The van der Waals surface area contributed by atoms with Gasteiger partial charge in [-0.05, 0) is 41.7 Å². The molecule has 3 fully saturated rings. The molecule has 4 amide bonds. The van der Waals surface area contributed by atoms with Gasteiger partial charge in [-0.15, -0.1) is 0 Å². The van der Waals surface area contributed by atoms with E-state index in [1.54, 1.807) is 12.1 Å². The molecule has 3 aliphatic rings. The summed E-state index contributed by atoms with van der Waals surface area (Å²) in [5.41, 5.74) is 2.85. The van der Waals surface area contributed by atoms with Gasteiger partial charge in [0.25, 0.3) is 17.4 Å². The smallest absolute Gasteiger partial charge is 0.328 e. The van der Waals surface area contributed by atoms with Crippen LogP contribution in [0.25, 0.3) is 10.8 Å². The molecule has 0 unspecified atom stereocenters. The summed E-state index contributed by atoms with van der Waals surface area (Å²) in [6.07, 6.45) is 6.57. The number of Topliss-reactive ketones (excluding diaryl/α,β-unsaturated/α-hetero) is 1. The quantitative estimate of drug-likeness (QED) is 0.229. The Morgan fingerprint density at radius 2 is 1.68 bits per heavy atom. The zero-order valence-corrected chi connectivity index (χ0v) is 27.7. The maximum atomic E-state index is 14.7. The van der Waals surface area contributed by atoms with Gasteiger partial charge in [0.1, 0.15) is 17.6 Å². The van der Waals surface area contributed by atoms with E-state index >= 15 is 0 Å². The van der Waals surface area contributed by atoms with E-state index in [0.717, 1.165) is 42.9 Å². The monoisotopic (exact) mass is 686 g/mol. The Labute approximate surface area is 287 Å². The van der Waals surface area contributed by atoms with Crippen molar-refractivity contribution in [3.05, 3.63) is 81.1 Å². The number of amides is 4. The van der Waals surface area contributed by atoms with E-state index in [-0.39, 0.29) is 44.9 Å². The lowest BCUT2D eigenvalue weighted by molar-refractivity contribution is -0.147. The number of fused-ring (bicyclic) bond motifs is 1. The molecule has 0 spiro atoms. The Morgan fingerprint density at radius 1 is 0.960 bits per heavy atom. The highest BCUT2D eigenvalue weighted by Gasteiger charge is 2.49. The van der Waals surface area contributed by atoms with Crippen LogP contribution in [0.1, 0.15) is 74.2 Å². The van der Waals surface area contributed by atoms with Gasteiger partial charge in [0.15, 0.2) is 0 Å². The number of likely N-dealkylation sites (tertiary alicyclic amines) is 1. The van der Waals surface area contributed by atoms with E-state index in [9.17, 15) is 33.6 Å². The molecule has 3 heterocycles. The summed E-state index contributed by atoms with van der Waals surface area (Å²) in [5.74, 6) is -3.64. The predicted octanol–water partition coefficient (Wildman–Crippen LogP) is 1.32. The van der Waals surface area contributed by atoms with Gasteiger partial charge in [-0.1, -0.05) is 62.4 Å². The Balaban J connectivity index is 1.33. The second-order valence-electron chi connectivity index (χ2n) is 13.6. The van der Waals surface area contributed by atoms with Gasteiger partial charge in [0.05, 0.1) is 6.04 Å². The number of nitrogens with two attached hydrogens (primary N) is 1. The number of carbonyl (C=O) groups excluding carboxylic acids is 5. The van der Waals surface area contributed by atoms with Gasteiger partial charge >= 0.3 is 5.69 Å². The van der Waals surface area contributed by atoms with Crippen molar-refractivity contribution < 1.29 is 28.7 Å². The van der Waals surface area contributed by atoms with Crippen molar-refractivity contribution >= 4 is 40.2 Å². The third-order valence-corrected chi connectivity index (χ3v) is 10.4. The number of nitrogens with zero attached hydrogens (tertiary/aromatic N) is 2. The summed E-state index contributed by atoms with van der Waals surface area (Å²) < 4.78 is 6.65. The SMILES string of the molecule is NC(=O)C(=O)C1(NC(=O)[C@@H]2C[C@H](n3ccc(=O)[nH]c3=O)CN2C(=O)[C@@H](CC2CCCCC2)NC(=O)c2ccc3ccccc3c2)CCOCC1. The number of benzene rings is 2. The Kier molecular flexibility index (Phi) is 10.3. The lowest BCUT2D eigenvalue weighted by atomic mass is 9.84. The molecule has 2 aromatic carbocycles. The van der Waals surface area contributed by atoms with E-state index in [2.05, 4.69) is 15.6 Å². The average Bonchev–Trinajstić information content (AvgIpc) is 3.56. The summed E-state index contributed by atoms with van der Waals surface area (Å²) in [4.78, 5) is 95.9. The van der Waals surface area contributed by atoms with Crippen molar-refractivity contribution in [3.8, 4) is 0 Å². The van der Waals surface area contributed by atoms with Crippen LogP contribution in [0.5, 0.6) is 0 Å². The molecule has 50 heavy (non-hydrogen) atoms. The van der Waals surface area contributed by atoms with Crippen LogP contribution in [0.3, 0.4) is 0 Å². The van der Waals surface area contributed by atoms with Crippen LogP contribution in [0.4, 0.5) is 0 Å². The zero-order valence-electron chi connectivity index (χ0n) is 27.7. The van der Waals surface area contributed by atoms with Crippen LogP contribution in [0.15, 0.2) is 64.3 Å². The third-order valence-electron chi connectivity index (χ3n) is 10.4. The molecule has 1 aliphatic carbocycles. The topological polar surface area (TPSA) is 203 Å². The maximum absolute atomic E-state index is 14.7. The molecule has 14 nitrogen and oxygen atoms in total. The van der Waals surface area contributed by atoms with Crippen molar-refractivity contribution in [2.24, 2.45) is 11.7 Å². The van der Waals surface area contributed by atoms with Gasteiger partial charge in [0, 0.05) is 50.4 Å². The number of nitrogens with one attached hydrogen (secondary N) is 3. The molecule has 2 saturated heterocycles. The number of primary amides is 1. The summed E-state index contributed by atoms with van der Waals surface area (Å²) in [5, 5.41) is 7.54. The third kappa shape index (κ3) is 7.39. The molecule has 1 saturated carbocycles. The molecule has 0 radical (unpaired) electrons. The van der Waals surface area contributed by atoms with Crippen LogP contribution in [-0.4, -0.2) is 81.2 Å². The van der Waals surface area contributed by atoms with E-state index in [4.69, 9.17) is 10.5 Å². The second-order valence-corrected chi connectivity index (χ2v) is 13.6. The van der Waals surface area contributed by atoms with Crippen LogP contribution >= 0.6 is 0 Å². The fourth-order valence-electron chi connectivity index (χ4n) is 7.66. The number of aromatic nitrogens is 2. The maximum Gasteiger partial charge on any atom is 0.328 e. The molecular formula is C36H42N6O8. The minimum Gasteiger partial charge on any atom is -0.381 e. The molecule has 5 N–H and O–H groups in total. The molecule has 3 aromatic rings. The molecule has 1 aromatic heterocycles. The standard InChI is InChI=1S/C36H42N6O8/c37-31(45)30(44)36(13-16-50-17-14-36)40-33(47)28-20-26(41-15-12-29(43)39-35(41)49)21-42(28)34(48)27(18-22-6-2-1-3-7-22)38-32(46)25-11-10-23-8-4-5-9-24(23)19-25/h4-5,8-12,15,19,22,26-28H,1-3,6-7,13-14,16-18,20-21H2,(H2,37,45)(H,38,46)(H,40,47)(H,39,43,49)/t26-,27+,28-/m0/s1. The number of H-pyrrole nitrogens is 1. The molecule has 14 heteroatoms. The first-order chi connectivity index (χ1) is 24.0. The Bertz CT molecular complexity index is 1910. The summed E-state index contributed by atoms with van der Waals surface area (Å²) in [7, 11) is 0. The number of hydrogen-bond donors (Lipinski definition) is 4. The molecule has 6 rings (SSSR count). The van der Waals surface area contributed by atoms with Crippen LogP contribution < -0.4 is 27.6 Å². The minimum absolute atomic E-state index is 0.0100. The Morgan fingerprint density at radius 3 is 2.38 bits per heavy atom. The van der Waals surface area contributed by atoms with Gasteiger partial charge in [-0.25, -0.2) is 4.79 Å². The lowest BCUT2D eigenvalue weighted by Gasteiger charge is -2.37. The summed E-state index contributed by atoms with van der Waals surface area (Å²) >= 11 is 0. The van der Waals surface area contributed by atoms with Gasteiger partial charge in [0.2, 0.25) is 17.6 Å². The van der Waals surface area contributed by atoms with Crippen LogP contribution in [-0.2, 0) is 23.9 Å². The lowest BCUT2D eigenvalue weighted by Crippen LogP contribution is -2.64. The molecule has 264 valence electrons. The van der Waals surface area contributed by atoms with Gasteiger partial charge < -0.3 is 26.0 Å². The first-order valence-corrected chi connectivity index (χ1v) is 17.2. The Hall–Kier alpha value is -5.11.